The zero-order valence-corrected chi connectivity index (χ0v) is 12.2. The molecule has 1 spiro atoms. The van der Waals surface area contributed by atoms with Gasteiger partial charge >= 0.3 is 0 Å². The molecule has 6 heteroatoms. The fourth-order valence-corrected chi connectivity index (χ4v) is 5.17. The summed E-state index contributed by atoms with van der Waals surface area (Å²) in [4.78, 5) is 0. The van der Waals surface area contributed by atoms with Crippen molar-refractivity contribution in [2.24, 2.45) is 10.8 Å². The highest BCUT2D eigenvalue weighted by Gasteiger charge is 2.82. The van der Waals surface area contributed by atoms with E-state index in [0.717, 1.165) is 0 Å². The summed E-state index contributed by atoms with van der Waals surface area (Å²) in [6.45, 7) is 3.78. The molecule has 1 saturated carbocycles. The van der Waals surface area contributed by atoms with E-state index < -0.39 is 47.0 Å². The summed E-state index contributed by atoms with van der Waals surface area (Å²) in [7, 11) is 0. The van der Waals surface area contributed by atoms with Gasteiger partial charge in [0.15, 0.2) is 0 Å². The summed E-state index contributed by atoms with van der Waals surface area (Å²) in [6, 6.07) is 0. The molecule has 0 aromatic heterocycles. The number of epoxide rings is 1. The van der Waals surface area contributed by atoms with Crippen LogP contribution in [0.2, 0.25) is 0 Å². The highest BCUT2D eigenvalue weighted by Crippen LogP contribution is 2.71. The first-order valence-electron chi connectivity index (χ1n) is 7.47. The number of hydrogen-bond donors (Lipinski definition) is 4. The van der Waals surface area contributed by atoms with E-state index in [0.29, 0.717) is 18.6 Å². The Hall–Kier alpha value is -0.500. The van der Waals surface area contributed by atoms with Gasteiger partial charge in [-0.05, 0) is 18.9 Å². The van der Waals surface area contributed by atoms with Crippen molar-refractivity contribution in [2.75, 3.05) is 13.2 Å². The van der Waals surface area contributed by atoms with Gasteiger partial charge in [0.25, 0.3) is 0 Å². The third-order valence-corrected chi connectivity index (χ3v) is 6.61. The van der Waals surface area contributed by atoms with Gasteiger partial charge in [0.2, 0.25) is 0 Å². The molecule has 2 heterocycles. The monoisotopic (exact) mass is 298 g/mol. The molecule has 0 aromatic rings. The number of rotatable bonds is 1. The molecule has 118 valence electrons. The Kier molecular flexibility index (Phi) is 2.60. The van der Waals surface area contributed by atoms with E-state index in [1.165, 1.54) is 0 Å². The lowest BCUT2D eigenvalue weighted by molar-refractivity contribution is -0.261. The minimum absolute atomic E-state index is 0.333. The van der Waals surface area contributed by atoms with Crippen LogP contribution in [0.1, 0.15) is 20.3 Å². The summed E-state index contributed by atoms with van der Waals surface area (Å²) < 4.78 is 11.7. The summed E-state index contributed by atoms with van der Waals surface area (Å²) >= 11 is 0. The predicted octanol–water partition coefficient (Wildman–Crippen LogP) is -1.05. The van der Waals surface area contributed by atoms with E-state index in [-0.39, 0.29) is 6.61 Å². The summed E-state index contributed by atoms with van der Waals surface area (Å²) in [6.07, 6.45) is -1.72. The summed E-state index contributed by atoms with van der Waals surface area (Å²) in [5.41, 5.74) is -1.76. The van der Waals surface area contributed by atoms with Crippen molar-refractivity contribution in [1.82, 2.24) is 0 Å². The summed E-state index contributed by atoms with van der Waals surface area (Å²) in [5.74, 6) is 0. The molecule has 2 bridgehead atoms. The molecule has 3 fully saturated rings. The second-order valence-electron chi connectivity index (χ2n) is 7.26. The van der Waals surface area contributed by atoms with Crippen LogP contribution in [-0.2, 0) is 9.47 Å². The quantitative estimate of drug-likeness (QED) is 0.364. The van der Waals surface area contributed by atoms with E-state index in [9.17, 15) is 20.4 Å². The molecule has 0 aromatic carbocycles. The van der Waals surface area contributed by atoms with Crippen LogP contribution in [0.5, 0.6) is 0 Å². The van der Waals surface area contributed by atoms with Crippen molar-refractivity contribution in [1.29, 1.82) is 0 Å². The maximum Gasteiger partial charge on any atom is 0.126 e. The van der Waals surface area contributed by atoms with Crippen LogP contribution in [0.4, 0.5) is 0 Å². The molecule has 4 rings (SSSR count). The number of hydrogen-bond acceptors (Lipinski definition) is 6. The average molecular weight is 298 g/mol. The standard InChI is InChI=1S/C15H22O6/c1-7-3-9-14(5-16,11(19)10(7)18)13(2)4-8(17)12(21-9)15(13)6-20-15/h3,8-12,16-19H,4-6H2,1-2H3/t8?,9-,10?,11?,12-,13-,14-,15+/m1/s1. The van der Waals surface area contributed by atoms with Crippen LogP contribution in [0, 0.1) is 10.8 Å². The van der Waals surface area contributed by atoms with Crippen molar-refractivity contribution < 1.29 is 29.9 Å². The van der Waals surface area contributed by atoms with Gasteiger partial charge < -0.3 is 29.9 Å². The van der Waals surface area contributed by atoms with Gasteiger partial charge in [-0.1, -0.05) is 13.0 Å². The molecule has 4 N–H and O–H groups in total. The molecular formula is C15H22O6. The number of ether oxygens (including phenoxy) is 2. The Morgan fingerprint density at radius 2 is 2.00 bits per heavy atom. The van der Waals surface area contributed by atoms with Crippen LogP contribution in [-0.4, -0.2) is 69.8 Å². The Bertz CT molecular complexity index is 514. The van der Waals surface area contributed by atoms with Crippen LogP contribution in [0.25, 0.3) is 0 Å². The summed E-state index contributed by atoms with van der Waals surface area (Å²) in [5, 5.41) is 41.6. The lowest BCUT2D eigenvalue weighted by atomic mass is 9.50. The minimum atomic E-state index is -1.16. The van der Waals surface area contributed by atoms with Gasteiger partial charge in [0, 0.05) is 5.41 Å². The van der Waals surface area contributed by atoms with Crippen LogP contribution >= 0.6 is 0 Å². The van der Waals surface area contributed by atoms with E-state index >= 15 is 0 Å². The smallest absolute Gasteiger partial charge is 0.126 e. The normalized spacial score (nSPS) is 61.6. The van der Waals surface area contributed by atoms with Crippen molar-refractivity contribution in [2.45, 2.75) is 56.4 Å². The topological polar surface area (TPSA) is 103 Å². The first kappa shape index (κ1) is 14.1. The highest BCUT2D eigenvalue weighted by molar-refractivity contribution is 5.35. The molecule has 2 saturated heterocycles. The van der Waals surface area contributed by atoms with Gasteiger partial charge in [-0.3, -0.25) is 0 Å². The Balaban J connectivity index is 1.93. The van der Waals surface area contributed by atoms with E-state index in [1.54, 1.807) is 13.0 Å². The first-order chi connectivity index (χ1) is 9.84. The second-order valence-corrected chi connectivity index (χ2v) is 7.26. The minimum Gasteiger partial charge on any atom is -0.396 e. The maximum absolute atomic E-state index is 10.8. The molecule has 21 heavy (non-hydrogen) atoms. The predicted molar refractivity (Wildman–Crippen MR) is 71.4 cm³/mol. The lowest BCUT2D eigenvalue weighted by Crippen LogP contribution is -2.71. The number of aliphatic hydroxyl groups excluding tert-OH is 4. The van der Waals surface area contributed by atoms with E-state index in [2.05, 4.69) is 0 Å². The number of fused-ring (bicyclic) bond motifs is 2. The van der Waals surface area contributed by atoms with E-state index in [4.69, 9.17) is 9.47 Å². The zero-order valence-electron chi connectivity index (χ0n) is 12.2. The Morgan fingerprint density at radius 3 is 2.57 bits per heavy atom. The van der Waals surface area contributed by atoms with Crippen LogP contribution in [0.15, 0.2) is 11.6 Å². The van der Waals surface area contributed by atoms with Gasteiger partial charge in [0.05, 0.1) is 36.9 Å². The fraction of sp³-hybridized carbons (Fsp3) is 0.867. The third-order valence-electron chi connectivity index (χ3n) is 6.61. The van der Waals surface area contributed by atoms with Crippen molar-refractivity contribution in [3.63, 3.8) is 0 Å². The molecule has 3 unspecified atom stereocenters. The van der Waals surface area contributed by atoms with E-state index in [1.807, 2.05) is 6.92 Å². The van der Waals surface area contributed by atoms with Crippen LogP contribution in [0.3, 0.4) is 0 Å². The maximum atomic E-state index is 10.8. The van der Waals surface area contributed by atoms with Gasteiger partial charge in [-0.25, -0.2) is 0 Å². The van der Waals surface area contributed by atoms with Crippen molar-refractivity contribution >= 4 is 0 Å². The zero-order chi connectivity index (χ0) is 15.2. The number of aliphatic hydroxyl groups is 4. The van der Waals surface area contributed by atoms with Gasteiger partial charge in [0.1, 0.15) is 17.8 Å². The first-order valence-corrected chi connectivity index (χ1v) is 7.47. The molecule has 0 radical (unpaired) electrons. The van der Waals surface area contributed by atoms with Crippen molar-refractivity contribution in [3.05, 3.63) is 11.6 Å². The molecule has 8 atom stereocenters. The van der Waals surface area contributed by atoms with Gasteiger partial charge in [-0.2, -0.15) is 0 Å². The van der Waals surface area contributed by atoms with Crippen molar-refractivity contribution in [3.8, 4) is 0 Å². The largest absolute Gasteiger partial charge is 0.396 e. The lowest BCUT2D eigenvalue weighted by Gasteiger charge is -2.59. The molecule has 0 amide bonds. The Labute approximate surface area is 123 Å². The SMILES string of the molecule is CC1=C[C@H]2O[C@@H]3C(O)C[C@@](C)([C@]34CO4)[C@@]2(CO)C(O)C1O. The molecular weight excluding hydrogens is 276 g/mol. The molecule has 6 nitrogen and oxygen atoms in total. The molecule has 2 aliphatic heterocycles. The average Bonchev–Trinajstić information content (AvgIpc) is 3.20. The van der Waals surface area contributed by atoms with Crippen LogP contribution < -0.4 is 0 Å². The molecule has 2 aliphatic carbocycles. The highest BCUT2D eigenvalue weighted by atomic mass is 16.6. The fourth-order valence-electron chi connectivity index (χ4n) is 5.17. The molecule has 4 aliphatic rings. The third kappa shape index (κ3) is 1.27. The second kappa shape index (κ2) is 3.88. The van der Waals surface area contributed by atoms with Gasteiger partial charge in [-0.15, -0.1) is 0 Å². The Morgan fingerprint density at radius 1 is 1.33 bits per heavy atom.